The Morgan fingerprint density at radius 2 is 2.13 bits per heavy atom. The van der Waals surface area contributed by atoms with Gasteiger partial charge in [0, 0.05) is 12.7 Å². The summed E-state index contributed by atoms with van der Waals surface area (Å²) in [5.74, 6) is -0.338. The van der Waals surface area contributed by atoms with Crippen molar-refractivity contribution in [1.82, 2.24) is 9.55 Å². The molecule has 0 aliphatic rings. The predicted octanol–water partition coefficient (Wildman–Crippen LogP) is 1.05. The number of aliphatic carboxylic acids is 1. The van der Waals surface area contributed by atoms with Gasteiger partial charge in [-0.25, -0.2) is 4.98 Å². The van der Waals surface area contributed by atoms with E-state index in [0.29, 0.717) is 23.8 Å². The van der Waals surface area contributed by atoms with Crippen molar-refractivity contribution < 1.29 is 19.7 Å². The van der Waals surface area contributed by atoms with Gasteiger partial charge in [0.05, 0.1) is 30.6 Å². The van der Waals surface area contributed by atoms with Gasteiger partial charge in [0.1, 0.15) is 5.75 Å². The SMILES string of the molecule is CC[C@H](Sc1nc(CO)cn1Cc1ccc(OC)cc1)C(=O)[O-]. The number of thioether (sulfide) groups is 1. The number of carbonyl (C=O) groups is 1. The average Bonchev–Trinajstić information content (AvgIpc) is 2.94. The van der Waals surface area contributed by atoms with Crippen molar-refractivity contribution in [3.63, 3.8) is 0 Å². The van der Waals surface area contributed by atoms with E-state index < -0.39 is 11.2 Å². The molecule has 0 amide bonds. The molecular formula is C16H19N2O4S-. The van der Waals surface area contributed by atoms with E-state index in [0.717, 1.165) is 23.1 Å². The Kier molecular flexibility index (Phi) is 6.06. The zero-order chi connectivity index (χ0) is 16.8. The summed E-state index contributed by atoms with van der Waals surface area (Å²) in [6.45, 7) is 2.13. The molecule has 1 N–H and O–H groups in total. The first kappa shape index (κ1) is 17.4. The van der Waals surface area contributed by atoms with E-state index >= 15 is 0 Å². The molecule has 0 unspecified atom stereocenters. The van der Waals surface area contributed by atoms with Crippen LogP contribution in [0.5, 0.6) is 5.75 Å². The van der Waals surface area contributed by atoms with Crippen LogP contribution in [0.1, 0.15) is 24.6 Å². The molecule has 0 saturated carbocycles. The van der Waals surface area contributed by atoms with Gasteiger partial charge in [-0.3, -0.25) is 0 Å². The van der Waals surface area contributed by atoms with Crippen molar-refractivity contribution in [2.45, 2.75) is 36.9 Å². The van der Waals surface area contributed by atoms with Crippen LogP contribution in [0.3, 0.4) is 0 Å². The first-order chi connectivity index (χ1) is 11.1. The zero-order valence-electron chi connectivity index (χ0n) is 13.1. The lowest BCUT2D eigenvalue weighted by Crippen LogP contribution is -2.33. The van der Waals surface area contributed by atoms with Gasteiger partial charge in [-0.2, -0.15) is 0 Å². The van der Waals surface area contributed by atoms with Gasteiger partial charge < -0.3 is 24.3 Å². The molecule has 1 aromatic heterocycles. The summed E-state index contributed by atoms with van der Waals surface area (Å²) >= 11 is 1.14. The molecule has 7 heteroatoms. The fourth-order valence-electron chi connectivity index (χ4n) is 2.09. The van der Waals surface area contributed by atoms with Crippen molar-refractivity contribution >= 4 is 17.7 Å². The van der Waals surface area contributed by atoms with E-state index in [-0.39, 0.29) is 6.61 Å². The maximum Gasteiger partial charge on any atom is 0.169 e. The molecule has 2 rings (SSSR count). The Balaban J connectivity index is 2.22. The third kappa shape index (κ3) is 4.49. The number of benzene rings is 1. The minimum Gasteiger partial charge on any atom is -0.549 e. The highest BCUT2D eigenvalue weighted by atomic mass is 32.2. The molecule has 0 spiro atoms. The highest BCUT2D eigenvalue weighted by Crippen LogP contribution is 2.26. The van der Waals surface area contributed by atoms with Crippen LogP contribution in [-0.4, -0.2) is 33.0 Å². The fraction of sp³-hybridized carbons (Fsp3) is 0.375. The van der Waals surface area contributed by atoms with Crippen LogP contribution in [-0.2, 0) is 17.9 Å². The van der Waals surface area contributed by atoms with E-state index in [1.54, 1.807) is 20.2 Å². The summed E-state index contributed by atoms with van der Waals surface area (Å²) in [6, 6.07) is 7.59. The number of aromatic nitrogens is 2. The number of ether oxygens (including phenoxy) is 1. The predicted molar refractivity (Wildman–Crippen MR) is 85.2 cm³/mol. The van der Waals surface area contributed by atoms with Gasteiger partial charge in [-0.15, -0.1) is 0 Å². The monoisotopic (exact) mass is 335 g/mol. The van der Waals surface area contributed by atoms with Crippen LogP contribution < -0.4 is 9.84 Å². The first-order valence-corrected chi connectivity index (χ1v) is 8.12. The fourth-order valence-corrected chi connectivity index (χ4v) is 3.03. The Morgan fingerprint density at radius 3 is 2.65 bits per heavy atom. The molecule has 0 radical (unpaired) electrons. The summed E-state index contributed by atoms with van der Waals surface area (Å²) in [4.78, 5) is 15.4. The lowest BCUT2D eigenvalue weighted by atomic mass is 10.2. The number of aliphatic hydroxyl groups is 1. The number of methoxy groups -OCH3 is 1. The average molecular weight is 335 g/mol. The summed E-state index contributed by atoms with van der Waals surface area (Å²) in [5, 5.41) is 20.3. The third-order valence-electron chi connectivity index (χ3n) is 3.35. The van der Waals surface area contributed by atoms with E-state index in [1.165, 1.54) is 0 Å². The standard InChI is InChI=1S/C16H20N2O4S/c1-3-14(15(20)21)23-16-17-12(10-19)9-18(16)8-11-4-6-13(22-2)7-5-11/h4-7,9,14,19H,3,8,10H2,1-2H3,(H,20,21)/p-1/t14-/m0/s1. The van der Waals surface area contributed by atoms with Crippen LogP contribution in [0.15, 0.2) is 35.6 Å². The minimum absolute atomic E-state index is 0.189. The summed E-state index contributed by atoms with van der Waals surface area (Å²) in [7, 11) is 1.61. The Labute approximate surface area is 139 Å². The van der Waals surface area contributed by atoms with Crippen molar-refractivity contribution in [1.29, 1.82) is 0 Å². The second-order valence-electron chi connectivity index (χ2n) is 4.98. The third-order valence-corrected chi connectivity index (χ3v) is 4.69. The lowest BCUT2D eigenvalue weighted by Gasteiger charge is -2.16. The van der Waals surface area contributed by atoms with Crippen LogP contribution in [0, 0.1) is 0 Å². The largest absolute Gasteiger partial charge is 0.549 e. The second-order valence-corrected chi connectivity index (χ2v) is 6.15. The summed E-state index contributed by atoms with van der Waals surface area (Å²) in [5.41, 5.74) is 1.53. The lowest BCUT2D eigenvalue weighted by molar-refractivity contribution is -0.304. The molecule has 0 aliphatic heterocycles. The molecule has 6 nitrogen and oxygen atoms in total. The van der Waals surface area contributed by atoms with Crippen LogP contribution in [0.2, 0.25) is 0 Å². The number of rotatable bonds is 8. The normalized spacial score (nSPS) is 12.1. The molecule has 1 heterocycles. The molecule has 0 aliphatic carbocycles. The molecular weight excluding hydrogens is 316 g/mol. The van der Waals surface area contributed by atoms with Gasteiger partial charge in [-0.1, -0.05) is 30.8 Å². The number of carbonyl (C=O) groups excluding carboxylic acids is 1. The van der Waals surface area contributed by atoms with E-state index in [2.05, 4.69) is 4.98 Å². The van der Waals surface area contributed by atoms with Crippen molar-refractivity contribution in [2.24, 2.45) is 0 Å². The number of imidazole rings is 1. The molecule has 0 bridgehead atoms. The van der Waals surface area contributed by atoms with Crippen molar-refractivity contribution in [3.05, 3.63) is 41.7 Å². The quantitative estimate of drug-likeness (QED) is 0.726. The van der Waals surface area contributed by atoms with Gasteiger partial charge in [-0.05, 0) is 24.1 Å². The number of carboxylic acid groups (broad SMARTS) is 1. The second kappa shape index (κ2) is 8.03. The van der Waals surface area contributed by atoms with Gasteiger partial charge in [0.2, 0.25) is 0 Å². The van der Waals surface area contributed by atoms with Gasteiger partial charge >= 0.3 is 0 Å². The highest BCUT2D eigenvalue weighted by molar-refractivity contribution is 8.00. The molecule has 23 heavy (non-hydrogen) atoms. The first-order valence-electron chi connectivity index (χ1n) is 7.24. The number of hydrogen-bond acceptors (Lipinski definition) is 6. The Bertz CT molecular complexity index is 655. The number of carboxylic acids is 1. The van der Waals surface area contributed by atoms with Gasteiger partial charge in [0.15, 0.2) is 5.16 Å². The van der Waals surface area contributed by atoms with Crippen LogP contribution in [0.4, 0.5) is 0 Å². The number of nitrogens with zero attached hydrogens (tertiary/aromatic N) is 2. The molecule has 0 saturated heterocycles. The number of aliphatic hydroxyl groups excluding tert-OH is 1. The minimum atomic E-state index is -1.11. The molecule has 0 fully saturated rings. The van der Waals surface area contributed by atoms with E-state index in [4.69, 9.17) is 4.74 Å². The summed E-state index contributed by atoms with van der Waals surface area (Å²) in [6.07, 6.45) is 2.17. The van der Waals surface area contributed by atoms with Crippen LogP contribution >= 0.6 is 11.8 Å². The van der Waals surface area contributed by atoms with E-state index in [1.807, 2.05) is 28.8 Å². The smallest absolute Gasteiger partial charge is 0.169 e. The molecule has 1 atom stereocenters. The molecule has 1 aromatic carbocycles. The van der Waals surface area contributed by atoms with Gasteiger partial charge in [0.25, 0.3) is 0 Å². The van der Waals surface area contributed by atoms with E-state index in [9.17, 15) is 15.0 Å². The van der Waals surface area contributed by atoms with Crippen molar-refractivity contribution in [3.8, 4) is 5.75 Å². The maximum absolute atomic E-state index is 11.1. The highest BCUT2D eigenvalue weighted by Gasteiger charge is 2.15. The van der Waals surface area contributed by atoms with Crippen LogP contribution in [0.25, 0.3) is 0 Å². The molecule has 124 valence electrons. The topological polar surface area (TPSA) is 87.4 Å². The number of hydrogen-bond donors (Lipinski definition) is 1. The Morgan fingerprint density at radius 1 is 1.43 bits per heavy atom. The summed E-state index contributed by atoms with van der Waals surface area (Å²) < 4.78 is 6.97. The Hall–Kier alpha value is -1.99. The van der Waals surface area contributed by atoms with Crippen molar-refractivity contribution in [2.75, 3.05) is 7.11 Å². The molecule has 2 aromatic rings. The zero-order valence-corrected chi connectivity index (χ0v) is 13.9. The maximum atomic E-state index is 11.1.